The van der Waals surface area contributed by atoms with E-state index in [-0.39, 0.29) is 28.9 Å². The number of aromatic amines is 1. The van der Waals surface area contributed by atoms with Crippen LogP contribution in [0.15, 0.2) is 24.4 Å². The number of aromatic nitrogens is 2. The predicted molar refractivity (Wildman–Crippen MR) is 131 cm³/mol. The first kappa shape index (κ1) is 25.0. The fourth-order valence-corrected chi connectivity index (χ4v) is 6.50. The molecule has 1 aliphatic carbocycles. The molecule has 3 aliphatic rings. The van der Waals surface area contributed by atoms with Gasteiger partial charge < -0.3 is 25.1 Å². The molecule has 0 saturated carbocycles. The number of amides is 1. The van der Waals surface area contributed by atoms with Crippen LogP contribution < -0.4 is 10.5 Å². The molecule has 2 saturated heterocycles. The lowest BCUT2D eigenvalue weighted by Gasteiger charge is -2.36. The SMILES string of the molecule is Nc1cc(OC(F)(F)F)ccc1C(=O)N1CCC(c2c(F)cnc3[nH]c4c(c23)[C@H]2CCOCC2CC4)CC1. The van der Waals surface area contributed by atoms with E-state index < -0.39 is 12.1 Å². The van der Waals surface area contributed by atoms with Crippen molar-refractivity contribution in [2.75, 3.05) is 32.0 Å². The summed E-state index contributed by atoms with van der Waals surface area (Å²) in [5.41, 5.74) is 9.62. The number of rotatable bonds is 3. The summed E-state index contributed by atoms with van der Waals surface area (Å²) < 4.78 is 62.5. The van der Waals surface area contributed by atoms with Gasteiger partial charge in [0.25, 0.3) is 5.91 Å². The van der Waals surface area contributed by atoms with E-state index in [0.717, 1.165) is 49.1 Å². The van der Waals surface area contributed by atoms with Gasteiger partial charge in [0.1, 0.15) is 17.2 Å². The number of halogens is 4. The molecule has 0 radical (unpaired) electrons. The van der Waals surface area contributed by atoms with Gasteiger partial charge in [0.15, 0.2) is 0 Å². The Morgan fingerprint density at radius 3 is 2.68 bits per heavy atom. The summed E-state index contributed by atoms with van der Waals surface area (Å²) in [6, 6.07) is 3.31. The van der Waals surface area contributed by atoms with Crippen molar-refractivity contribution < 1.29 is 31.8 Å². The molecular formula is C27H28F4N4O3. The molecule has 38 heavy (non-hydrogen) atoms. The number of H-pyrrole nitrogens is 1. The molecule has 2 aliphatic heterocycles. The lowest BCUT2D eigenvalue weighted by Crippen LogP contribution is -2.38. The number of piperidine rings is 1. The molecule has 3 N–H and O–H groups in total. The van der Waals surface area contributed by atoms with Crippen molar-refractivity contribution in [2.24, 2.45) is 5.92 Å². The van der Waals surface area contributed by atoms with Crippen molar-refractivity contribution >= 4 is 22.6 Å². The Kier molecular flexibility index (Phi) is 6.20. The lowest BCUT2D eigenvalue weighted by atomic mass is 9.73. The fourth-order valence-electron chi connectivity index (χ4n) is 6.50. The molecule has 3 aromatic rings. The van der Waals surface area contributed by atoms with Crippen molar-refractivity contribution in [3.8, 4) is 5.75 Å². The van der Waals surface area contributed by atoms with Crippen molar-refractivity contribution in [2.45, 2.75) is 50.3 Å². The van der Waals surface area contributed by atoms with Crippen molar-refractivity contribution in [3.63, 3.8) is 0 Å². The Labute approximate surface area is 216 Å². The van der Waals surface area contributed by atoms with Gasteiger partial charge in [0.05, 0.1) is 11.8 Å². The molecule has 202 valence electrons. The van der Waals surface area contributed by atoms with Gasteiger partial charge in [-0.1, -0.05) is 0 Å². The minimum atomic E-state index is -4.85. The number of benzene rings is 1. The second-order valence-electron chi connectivity index (χ2n) is 10.4. The summed E-state index contributed by atoms with van der Waals surface area (Å²) in [5, 5.41) is 0.894. The summed E-state index contributed by atoms with van der Waals surface area (Å²) in [7, 11) is 0. The van der Waals surface area contributed by atoms with Crippen molar-refractivity contribution in [1.29, 1.82) is 0 Å². The molecule has 2 atom stereocenters. The summed E-state index contributed by atoms with van der Waals surface area (Å²) in [6.45, 7) is 2.17. The summed E-state index contributed by atoms with van der Waals surface area (Å²) in [6.07, 6.45) is 0.361. The molecule has 1 aromatic carbocycles. The standard InChI is InChI=1S/C27H28F4N4O3/c28-19-12-33-25-24(23-17-7-10-37-13-15(17)1-4-21(23)34-25)22(19)14-5-8-35(9-6-14)26(36)18-3-2-16(11-20(18)32)38-27(29,30)31/h2-3,11-12,14-15,17H,1,4-10,13,32H2,(H,33,34)/t15?,17-/m0/s1. The van der Waals surface area contributed by atoms with Crippen molar-refractivity contribution in [1.82, 2.24) is 14.9 Å². The number of pyridine rings is 1. The number of alkyl halides is 3. The summed E-state index contributed by atoms with van der Waals surface area (Å²) in [4.78, 5) is 22.6. The first-order chi connectivity index (χ1) is 18.2. The Morgan fingerprint density at radius 2 is 1.95 bits per heavy atom. The Hall–Kier alpha value is -3.34. The molecule has 4 heterocycles. The minimum Gasteiger partial charge on any atom is -0.406 e. The van der Waals surface area contributed by atoms with E-state index in [2.05, 4.69) is 14.7 Å². The van der Waals surface area contributed by atoms with Gasteiger partial charge >= 0.3 is 6.36 Å². The highest BCUT2D eigenvalue weighted by atomic mass is 19.4. The Balaban J connectivity index is 1.23. The monoisotopic (exact) mass is 532 g/mol. The molecular weight excluding hydrogens is 504 g/mol. The number of hydrogen-bond donors (Lipinski definition) is 2. The number of nitrogens with one attached hydrogen (secondary N) is 1. The second kappa shape index (κ2) is 9.44. The van der Waals surface area contributed by atoms with Gasteiger partial charge in [-0.3, -0.25) is 4.79 Å². The zero-order valence-corrected chi connectivity index (χ0v) is 20.6. The third-order valence-electron chi connectivity index (χ3n) is 8.22. The van der Waals surface area contributed by atoms with Crippen LogP contribution in [0.25, 0.3) is 11.0 Å². The third-order valence-corrected chi connectivity index (χ3v) is 8.22. The van der Waals surface area contributed by atoms with Crippen LogP contribution in [0.4, 0.5) is 23.2 Å². The number of hydrogen-bond acceptors (Lipinski definition) is 5. The molecule has 2 aromatic heterocycles. The molecule has 11 heteroatoms. The number of aryl methyl sites for hydroxylation is 1. The van der Waals surface area contributed by atoms with Crippen LogP contribution >= 0.6 is 0 Å². The van der Waals surface area contributed by atoms with Crippen LogP contribution in [0, 0.1) is 11.7 Å². The summed E-state index contributed by atoms with van der Waals surface area (Å²) >= 11 is 0. The number of anilines is 1. The molecule has 0 bridgehead atoms. The Bertz CT molecular complexity index is 1380. The van der Waals surface area contributed by atoms with E-state index in [0.29, 0.717) is 55.6 Å². The zero-order valence-electron chi connectivity index (χ0n) is 20.6. The number of fused-ring (bicyclic) bond motifs is 5. The maximum absolute atomic E-state index is 15.4. The molecule has 7 nitrogen and oxygen atoms in total. The largest absolute Gasteiger partial charge is 0.573 e. The van der Waals surface area contributed by atoms with Crippen LogP contribution in [0.3, 0.4) is 0 Å². The summed E-state index contributed by atoms with van der Waals surface area (Å²) in [5.74, 6) is -0.540. The smallest absolute Gasteiger partial charge is 0.406 e. The van der Waals surface area contributed by atoms with E-state index in [1.54, 1.807) is 4.90 Å². The molecule has 6 rings (SSSR count). The van der Waals surface area contributed by atoms with E-state index in [1.807, 2.05) is 0 Å². The average molecular weight is 533 g/mol. The first-order valence-electron chi connectivity index (χ1n) is 12.9. The topological polar surface area (TPSA) is 93.5 Å². The third kappa shape index (κ3) is 4.46. The van der Waals surface area contributed by atoms with Crippen molar-refractivity contribution in [3.05, 3.63) is 52.6 Å². The van der Waals surface area contributed by atoms with E-state index in [1.165, 1.54) is 17.8 Å². The normalized spacial score (nSPS) is 22.3. The molecule has 2 fully saturated rings. The number of likely N-dealkylation sites (tertiary alicyclic amines) is 1. The minimum absolute atomic E-state index is 0.0919. The fraction of sp³-hybridized carbons (Fsp3) is 0.481. The number of nitrogen functional groups attached to an aromatic ring is 1. The maximum Gasteiger partial charge on any atom is 0.573 e. The highest BCUT2D eigenvalue weighted by Crippen LogP contribution is 2.47. The number of nitrogens with two attached hydrogens (primary N) is 1. The van der Waals surface area contributed by atoms with Gasteiger partial charge in [0.2, 0.25) is 0 Å². The van der Waals surface area contributed by atoms with E-state index in [9.17, 15) is 18.0 Å². The molecule has 1 amide bonds. The van der Waals surface area contributed by atoms with Crippen LogP contribution in [-0.4, -0.2) is 53.4 Å². The van der Waals surface area contributed by atoms with E-state index in [4.69, 9.17) is 10.5 Å². The lowest BCUT2D eigenvalue weighted by molar-refractivity contribution is -0.274. The molecule has 0 spiro atoms. The number of carbonyl (C=O) groups is 1. The van der Waals surface area contributed by atoms with Gasteiger partial charge in [-0.2, -0.15) is 0 Å². The van der Waals surface area contributed by atoms with Gasteiger partial charge in [-0.25, -0.2) is 9.37 Å². The quantitative estimate of drug-likeness (QED) is 0.354. The van der Waals surface area contributed by atoms with Gasteiger partial charge in [0, 0.05) is 54.7 Å². The van der Waals surface area contributed by atoms with Crippen LogP contribution in [0.1, 0.15) is 64.7 Å². The first-order valence-corrected chi connectivity index (χ1v) is 12.9. The number of ether oxygens (including phenoxy) is 2. The van der Waals surface area contributed by atoms with Crippen LogP contribution in [0.2, 0.25) is 0 Å². The second-order valence-corrected chi connectivity index (χ2v) is 10.4. The van der Waals surface area contributed by atoms with Crippen LogP contribution in [-0.2, 0) is 11.2 Å². The highest BCUT2D eigenvalue weighted by Gasteiger charge is 2.38. The zero-order chi connectivity index (χ0) is 26.6. The maximum atomic E-state index is 15.4. The van der Waals surface area contributed by atoms with Gasteiger partial charge in [-0.05, 0) is 67.6 Å². The highest BCUT2D eigenvalue weighted by molar-refractivity contribution is 5.99. The predicted octanol–water partition coefficient (Wildman–Crippen LogP) is 5.27. The number of nitrogens with zero attached hydrogens (tertiary/aromatic N) is 2. The van der Waals surface area contributed by atoms with E-state index >= 15 is 4.39 Å². The number of carbonyl (C=O) groups excluding carboxylic acids is 1. The Morgan fingerprint density at radius 1 is 1.16 bits per heavy atom. The molecule has 1 unspecified atom stereocenters. The van der Waals surface area contributed by atoms with Crippen LogP contribution in [0.5, 0.6) is 5.75 Å². The van der Waals surface area contributed by atoms with Gasteiger partial charge in [-0.15, -0.1) is 13.2 Å². The average Bonchev–Trinajstić information content (AvgIpc) is 3.27.